The number of rotatable bonds is 4. The van der Waals surface area contributed by atoms with Crippen molar-refractivity contribution in [3.8, 4) is 57.0 Å². The number of nitrogens with zero attached hydrogens (tertiary/aromatic N) is 2. The lowest BCUT2D eigenvalue weighted by molar-refractivity contribution is 0.102. The van der Waals surface area contributed by atoms with Gasteiger partial charge in [-0.3, -0.25) is 9.59 Å². The molecule has 0 saturated carbocycles. The van der Waals surface area contributed by atoms with E-state index >= 15 is 4.79 Å². The number of carbonyl (C=O) groups is 2. The van der Waals surface area contributed by atoms with Crippen LogP contribution in [0.25, 0.3) is 87.4 Å². The molecule has 2 aromatic heterocycles. The van der Waals surface area contributed by atoms with Crippen LogP contribution in [0.5, 0.6) is 34.5 Å². The highest BCUT2D eigenvalue weighted by molar-refractivity contribution is 6.43. The minimum absolute atomic E-state index is 0.110. The van der Waals surface area contributed by atoms with Crippen LogP contribution >= 0.6 is 0 Å². The molecule has 8 nitrogen and oxygen atoms in total. The zero-order chi connectivity index (χ0) is 45.2. The Balaban J connectivity index is 1.24. The van der Waals surface area contributed by atoms with Crippen molar-refractivity contribution in [2.75, 3.05) is 0 Å². The normalized spacial score (nSPS) is 12.9. The van der Waals surface area contributed by atoms with E-state index < -0.39 is 0 Å². The number of hydrogen-bond acceptors (Lipinski definition) is 8. The SMILES string of the molecule is Cc1ccc2nc3c(c(O)c2c1)C(=O)c1cc(Oc2c(C)cccc2C)c2c4ccc5c6c(cc(Oc7c(C)cccc7C)c(c7ccc-3c1c72)c64)-c1nc2ccc(C)cc2c(O)c1C5=O. The van der Waals surface area contributed by atoms with Crippen LogP contribution in [0.2, 0.25) is 0 Å². The smallest absolute Gasteiger partial charge is 0.199 e. The van der Waals surface area contributed by atoms with Crippen molar-refractivity contribution in [3.63, 3.8) is 0 Å². The van der Waals surface area contributed by atoms with Crippen LogP contribution in [0.1, 0.15) is 65.2 Å². The number of para-hydroxylation sites is 2. The molecule has 2 aliphatic rings. The standard InChI is InChI=1S/C58H38N2O6/c1-25-13-19-39-35(21-25)54(62)49-51(59-39)33-17-15-31-45-41(65-57-27(3)9-7-10-28(57)4)23-37-44-34(53(61)50-52(37)60-40-20-14-26(2)22-36(40)55(50)63)18-16-32(48(44)45)46-42(24-38(56(49)64)43(33)47(31)46)66-58-29(5)11-8-12-30(58)6/h7-24H,1-6H3,(H,59,62)(H,60,63). The van der Waals surface area contributed by atoms with Gasteiger partial charge in [-0.2, -0.15) is 0 Å². The number of hydrogen-bond donors (Lipinski definition) is 2. The maximum Gasteiger partial charge on any atom is 0.199 e. The van der Waals surface area contributed by atoms with Crippen molar-refractivity contribution in [1.29, 1.82) is 0 Å². The lowest BCUT2D eigenvalue weighted by Gasteiger charge is -2.28. The number of aromatic nitrogens is 2. The van der Waals surface area contributed by atoms with E-state index in [0.29, 0.717) is 89.2 Å². The second kappa shape index (κ2) is 13.1. The molecular weight excluding hydrogens is 821 g/mol. The molecule has 9 aromatic carbocycles. The van der Waals surface area contributed by atoms with Gasteiger partial charge in [0.05, 0.1) is 33.5 Å². The second-order valence-electron chi connectivity index (χ2n) is 18.1. The minimum atomic E-state index is -0.362. The van der Waals surface area contributed by atoms with Crippen LogP contribution in [-0.2, 0) is 0 Å². The zero-order valence-corrected chi connectivity index (χ0v) is 36.8. The summed E-state index contributed by atoms with van der Waals surface area (Å²) < 4.78 is 14.3. The summed E-state index contributed by atoms with van der Waals surface area (Å²) >= 11 is 0. The first-order valence-electron chi connectivity index (χ1n) is 22.0. The fourth-order valence-corrected chi connectivity index (χ4v) is 10.9. The Morgan fingerprint density at radius 3 is 1.33 bits per heavy atom. The summed E-state index contributed by atoms with van der Waals surface area (Å²) in [7, 11) is 0. The molecule has 2 aliphatic carbocycles. The van der Waals surface area contributed by atoms with Crippen molar-refractivity contribution in [3.05, 3.63) is 165 Å². The predicted octanol–water partition coefficient (Wildman–Crippen LogP) is 14.1. The van der Waals surface area contributed by atoms with Crippen molar-refractivity contribution in [1.82, 2.24) is 9.97 Å². The molecule has 0 radical (unpaired) electrons. The number of pyridine rings is 2. The topological polar surface area (TPSA) is 119 Å². The molecular formula is C58H38N2O6. The molecule has 0 aliphatic heterocycles. The van der Waals surface area contributed by atoms with Crippen molar-refractivity contribution in [2.45, 2.75) is 41.5 Å². The molecule has 0 fully saturated rings. The molecule has 0 saturated heterocycles. The number of ketones is 2. The molecule has 0 bridgehead atoms. The third kappa shape index (κ3) is 4.93. The number of fused-ring (bicyclic) bond motifs is 8. The summed E-state index contributed by atoms with van der Waals surface area (Å²) in [6.07, 6.45) is 0. The average molecular weight is 859 g/mol. The third-order valence-electron chi connectivity index (χ3n) is 14.0. The monoisotopic (exact) mass is 858 g/mol. The molecule has 66 heavy (non-hydrogen) atoms. The van der Waals surface area contributed by atoms with E-state index in [1.54, 1.807) is 0 Å². The number of ether oxygens (including phenoxy) is 2. The molecule has 0 spiro atoms. The molecule has 11 aromatic rings. The van der Waals surface area contributed by atoms with Crippen LogP contribution < -0.4 is 9.47 Å². The average Bonchev–Trinajstić information content (AvgIpc) is 3.30. The van der Waals surface area contributed by atoms with Gasteiger partial charge < -0.3 is 19.7 Å². The zero-order valence-electron chi connectivity index (χ0n) is 36.8. The Labute approximate surface area is 377 Å². The quantitative estimate of drug-likeness (QED) is 0.133. The van der Waals surface area contributed by atoms with E-state index in [1.165, 1.54) is 0 Å². The number of benzene rings is 9. The highest BCUT2D eigenvalue weighted by Gasteiger charge is 2.37. The van der Waals surface area contributed by atoms with E-state index in [2.05, 4.69) is 0 Å². The van der Waals surface area contributed by atoms with E-state index in [0.717, 1.165) is 65.7 Å². The Bertz CT molecular complexity index is 4060. The van der Waals surface area contributed by atoms with Gasteiger partial charge in [0, 0.05) is 65.3 Å². The first-order chi connectivity index (χ1) is 31.9. The highest BCUT2D eigenvalue weighted by atomic mass is 16.5. The summed E-state index contributed by atoms with van der Waals surface area (Å²) in [6.45, 7) is 11.9. The summed E-state index contributed by atoms with van der Waals surface area (Å²) in [5.41, 5.74) is 9.93. The molecule has 8 heteroatoms. The van der Waals surface area contributed by atoms with Gasteiger partial charge in [-0.25, -0.2) is 9.97 Å². The van der Waals surface area contributed by atoms with Gasteiger partial charge in [0.2, 0.25) is 0 Å². The molecule has 13 rings (SSSR count). The van der Waals surface area contributed by atoms with Gasteiger partial charge in [0.15, 0.2) is 11.6 Å². The van der Waals surface area contributed by atoms with Crippen molar-refractivity contribution in [2.24, 2.45) is 0 Å². The lowest BCUT2D eigenvalue weighted by atomic mass is 9.77. The van der Waals surface area contributed by atoms with Crippen LogP contribution in [0.4, 0.5) is 0 Å². The van der Waals surface area contributed by atoms with E-state index in [4.69, 9.17) is 19.4 Å². The number of carbonyl (C=O) groups excluding carboxylic acids is 2. The predicted molar refractivity (Wildman–Crippen MR) is 261 cm³/mol. The molecule has 0 atom stereocenters. The second-order valence-corrected chi connectivity index (χ2v) is 18.1. The van der Waals surface area contributed by atoms with Crippen molar-refractivity contribution < 1.29 is 29.3 Å². The Kier molecular flexibility index (Phi) is 7.58. The summed E-state index contributed by atoms with van der Waals surface area (Å²) in [4.78, 5) is 40.4. The van der Waals surface area contributed by atoms with Crippen LogP contribution in [-0.4, -0.2) is 31.7 Å². The van der Waals surface area contributed by atoms with Gasteiger partial charge in [0.1, 0.15) is 34.5 Å². The largest absolute Gasteiger partial charge is 0.506 e. The van der Waals surface area contributed by atoms with Crippen LogP contribution in [0.3, 0.4) is 0 Å². The maximum atomic E-state index is 15.2. The van der Waals surface area contributed by atoms with Gasteiger partial charge in [0.25, 0.3) is 0 Å². The van der Waals surface area contributed by atoms with Crippen molar-refractivity contribution >= 4 is 76.5 Å². The number of aryl methyl sites for hydroxylation is 6. The first-order valence-corrected chi connectivity index (χ1v) is 22.0. The molecule has 0 amide bonds. The Morgan fingerprint density at radius 2 is 0.833 bits per heavy atom. The van der Waals surface area contributed by atoms with Gasteiger partial charge >= 0.3 is 0 Å². The van der Waals surface area contributed by atoms with E-state index in [1.807, 2.05) is 151 Å². The molecule has 2 heterocycles. The third-order valence-corrected chi connectivity index (χ3v) is 14.0. The summed E-state index contributed by atoms with van der Waals surface area (Å²) in [5.74, 6) is 1.40. The van der Waals surface area contributed by atoms with Gasteiger partial charge in [-0.15, -0.1) is 0 Å². The lowest BCUT2D eigenvalue weighted by Crippen LogP contribution is -2.14. The maximum absolute atomic E-state index is 15.2. The van der Waals surface area contributed by atoms with Gasteiger partial charge in [-0.1, -0.05) is 77.9 Å². The van der Waals surface area contributed by atoms with Crippen LogP contribution in [0.15, 0.2) is 109 Å². The molecule has 2 N–H and O–H groups in total. The Morgan fingerprint density at radius 1 is 0.409 bits per heavy atom. The van der Waals surface area contributed by atoms with Crippen LogP contribution in [0, 0.1) is 41.5 Å². The minimum Gasteiger partial charge on any atom is -0.506 e. The van der Waals surface area contributed by atoms with E-state index in [9.17, 15) is 15.0 Å². The first kappa shape index (κ1) is 38.1. The summed E-state index contributed by atoms with van der Waals surface area (Å²) in [5, 5.41) is 30.9. The number of aromatic hydroxyl groups is 2. The fourth-order valence-electron chi connectivity index (χ4n) is 10.9. The summed E-state index contributed by atoms with van der Waals surface area (Å²) in [6, 6.07) is 34.9. The highest BCUT2D eigenvalue weighted by Crippen LogP contribution is 2.57. The molecule has 316 valence electrons. The van der Waals surface area contributed by atoms with E-state index in [-0.39, 0.29) is 34.2 Å². The fraction of sp³-hybridized carbons (Fsp3) is 0.103. The Hall–Kier alpha value is -8.36. The molecule has 0 unspecified atom stereocenters. The van der Waals surface area contributed by atoms with Gasteiger partial charge in [-0.05, 0) is 117 Å².